The highest BCUT2D eigenvalue weighted by molar-refractivity contribution is 5.92. The molecule has 4 aliphatic carbocycles. The number of hydrogen-bond acceptors (Lipinski definition) is 2. The normalized spacial score (nSPS) is 15.2. The predicted molar refractivity (Wildman–Crippen MR) is 517 cm³/mol. The Hall–Kier alpha value is -9.76. The number of nitrogens with zero attached hydrogens (tertiary/aromatic N) is 2. The molecular weight excluding hydrogens is 1450 g/mol. The Morgan fingerprint density at radius 2 is 0.367 bits per heavy atom. The molecule has 0 aliphatic heterocycles. The molecule has 120 heavy (non-hydrogen) atoms. The average Bonchev–Trinajstić information content (AvgIpc) is 1.57. The number of benzene rings is 12. The Morgan fingerprint density at radius 3 is 0.608 bits per heavy atom. The summed E-state index contributed by atoms with van der Waals surface area (Å²) in [4.78, 5) is 5.36. The van der Waals surface area contributed by atoms with E-state index < -0.39 is 5.41 Å². The number of unbranched alkanes of at least 4 members (excludes halogenated alkanes) is 17. The minimum absolute atomic E-state index is 0.0743. The van der Waals surface area contributed by atoms with E-state index in [2.05, 4.69) is 344 Å². The molecule has 0 bridgehead atoms. The van der Waals surface area contributed by atoms with E-state index in [0.29, 0.717) is 0 Å². The van der Waals surface area contributed by atoms with Crippen LogP contribution in [0.1, 0.15) is 334 Å². The molecule has 0 saturated carbocycles. The lowest BCUT2D eigenvalue weighted by Gasteiger charge is -2.38. The maximum absolute atomic E-state index is 2.69. The topological polar surface area (TPSA) is 6.48 Å². The smallest absolute Gasteiger partial charge is 0.0701 e. The zero-order chi connectivity index (χ0) is 82.5. The predicted octanol–water partition coefficient (Wildman–Crippen LogP) is 35.1. The summed E-state index contributed by atoms with van der Waals surface area (Å²) in [6.45, 7) is 19.0. The molecule has 2 nitrogen and oxygen atoms in total. The van der Waals surface area contributed by atoms with Gasteiger partial charge in [-0.05, 0) is 235 Å². The van der Waals surface area contributed by atoms with E-state index in [-0.39, 0.29) is 21.7 Å². The molecule has 12 aromatic rings. The van der Waals surface area contributed by atoms with Crippen LogP contribution < -0.4 is 9.80 Å². The van der Waals surface area contributed by atoms with Gasteiger partial charge in [-0.15, -0.1) is 0 Å². The van der Waals surface area contributed by atoms with Crippen LogP contribution in [0.15, 0.2) is 279 Å². The van der Waals surface area contributed by atoms with E-state index in [9.17, 15) is 0 Å². The van der Waals surface area contributed by atoms with E-state index in [1.54, 1.807) is 0 Å². The fraction of sp³-hybridized carbons (Fsp3) is 0.390. The summed E-state index contributed by atoms with van der Waals surface area (Å²) in [5, 5.41) is 0. The SMILES string of the molecule is CCCCCCC1(CCCCC)c2ccccc2-c2ccc(N(c3ccc(C(c4ccccc4)(c4ccccc4)c4ccc(N(c5ccc6c(c5)C(CCCCC)(CCCCC)c5ccccc5-6)c5ccc6c(c5)C(CCCCC)(CCCCC)c5ccccc5-6)cc4)cc3)c3ccc4c(c3)C(CCCCC)(CCCCC)c3ccccc3-4)cc21. The summed E-state index contributed by atoms with van der Waals surface area (Å²) in [6, 6.07) is 112. The minimum atomic E-state index is -0.730. The Morgan fingerprint density at radius 1 is 0.175 bits per heavy atom. The van der Waals surface area contributed by atoms with Crippen LogP contribution in [0.3, 0.4) is 0 Å². The van der Waals surface area contributed by atoms with Crippen molar-refractivity contribution in [1.82, 2.24) is 0 Å². The van der Waals surface area contributed by atoms with Gasteiger partial charge in [-0.1, -0.05) is 422 Å². The molecule has 1 atom stereocenters. The molecule has 16 rings (SSSR count). The summed E-state index contributed by atoms with van der Waals surface area (Å²) in [7, 11) is 0. The zero-order valence-electron chi connectivity index (χ0n) is 74.3. The number of anilines is 6. The van der Waals surface area contributed by atoms with Crippen LogP contribution in [0.2, 0.25) is 0 Å². The molecule has 0 aromatic heterocycles. The first-order valence-corrected chi connectivity index (χ1v) is 48.1. The summed E-state index contributed by atoms with van der Waals surface area (Å²) in [5.74, 6) is 0. The molecule has 1 unspecified atom stereocenters. The first-order valence-electron chi connectivity index (χ1n) is 48.1. The van der Waals surface area contributed by atoms with Crippen molar-refractivity contribution in [3.05, 3.63) is 346 Å². The van der Waals surface area contributed by atoms with Gasteiger partial charge in [0.2, 0.25) is 0 Å². The van der Waals surface area contributed by atoms with Crippen LogP contribution >= 0.6 is 0 Å². The molecule has 0 N–H and O–H groups in total. The lowest BCUT2D eigenvalue weighted by molar-refractivity contribution is 0.403. The highest BCUT2D eigenvalue weighted by Gasteiger charge is 2.48. The fourth-order valence-corrected chi connectivity index (χ4v) is 23.6. The molecule has 0 spiro atoms. The van der Waals surface area contributed by atoms with Crippen LogP contribution in [0.25, 0.3) is 44.5 Å². The number of rotatable bonds is 43. The Bertz CT molecular complexity index is 5180. The van der Waals surface area contributed by atoms with Crippen molar-refractivity contribution >= 4 is 34.1 Å². The molecular formula is C118H136N2. The second-order valence-corrected chi connectivity index (χ2v) is 36.7. The van der Waals surface area contributed by atoms with E-state index in [0.717, 1.165) is 44.9 Å². The summed E-state index contributed by atoms with van der Waals surface area (Å²) < 4.78 is 0. The third-order valence-corrected chi connectivity index (χ3v) is 29.5. The molecule has 618 valence electrons. The second-order valence-electron chi connectivity index (χ2n) is 36.7. The monoisotopic (exact) mass is 1580 g/mol. The fourth-order valence-electron chi connectivity index (χ4n) is 23.6. The molecule has 0 amide bonds. The average molecular weight is 1580 g/mol. The van der Waals surface area contributed by atoms with Gasteiger partial charge in [0.15, 0.2) is 0 Å². The summed E-state index contributed by atoms with van der Waals surface area (Å²) in [5.41, 5.74) is 34.8. The molecule has 12 aromatic carbocycles. The van der Waals surface area contributed by atoms with Crippen molar-refractivity contribution in [1.29, 1.82) is 0 Å². The number of hydrogen-bond donors (Lipinski definition) is 0. The summed E-state index contributed by atoms with van der Waals surface area (Å²) in [6.07, 6.45) is 40.0. The van der Waals surface area contributed by atoms with Crippen molar-refractivity contribution in [3.8, 4) is 44.5 Å². The highest BCUT2D eigenvalue weighted by Crippen LogP contribution is 2.62. The third kappa shape index (κ3) is 15.5. The van der Waals surface area contributed by atoms with E-state index in [4.69, 9.17) is 0 Å². The van der Waals surface area contributed by atoms with E-state index >= 15 is 0 Å². The van der Waals surface area contributed by atoms with Gasteiger partial charge in [0.1, 0.15) is 0 Å². The number of fused-ring (bicyclic) bond motifs is 12. The van der Waals surface area contributed by atoms with Gasteiger partial charge in [-0.25, -0.2) is 0 Å². The van der Waals surface area contributed by atoms with Crippen LogP contribution in [0.5, 0.6) is 0 Å². The zero-order valence-corrected chi connectivity index (χ0v) is 74.3. The Labute approximate surface area is 723 Å². The van der Waals surface area contributed by atoms with Crippen LogP contribution in [-0.2, 0) is 27.1 Å². The largest absolute Gasteiger partial charge is 0.310 e. The van der Waals surface area contributed by atoms with Gasteiger partial charge in [0, 0.05) is 55.8 Å². The lowest BCUT2D eigenvalue weighted by atomic mass is 9.65. The van der Waals surface area contributed by atoms with Gasteiger partial charge in [-0.3, -0.25) is 0 Å². The van der Waals surface area contributed by atoms with Crippen LogP contribution in [0, 0.1) is 0 Å². The second kappa shape index (κ2) is 38.1. The van der Waals surface area contributed by atoms with E-state index in [1.807, 2.05) is 0 Å². The van der Waals surface area contributed by atoms with Gasteiger partial charge >= 0.3 is 0 Å². The molecule has 0 radical (unpaired) electrons. The van der Waals surface area contributed by atoms with Crippen LogP contribution in [-0.4, -0.2) is 0 Å². The van der Waals surface area contributed by atoms with Gasteiger partial charge in [-0.2, -0.15) is 0 Å². The Balaban J connectivity index is 0.888. The minimum Gasteiger partial charge on any atom is -0.310 e. The van der Waals surface area contributed by atoms with Gasteiger partial charge in [0.25, 0.3) is 0 Å². The quantitative estimate of drug-likeness (QED) is 0.0278. The van der Waals surface area contributed by atoms with E-state index in [1.165, 1.54) is 312 Å². The third-order valence-electron chi connectivity index (χ3n) is 29.5. The van der Waals surface area contributed by atoms with Crippen molar-refractivity contribution in [3.63, 3.8) is 0 Å². The maximum Gasteiger partial charge on any atom is 0.0701 e. The molecule has 4 aliphatic rings. The Kier molecular flexibility index (Phi) is 26.6. The molecule has 0 fully saturated rings. The highest BCUT2D eigenvalue weighted by atomic mass is 15.1. The van der Waals surface area contributed by atoms with Gasteiger partial charge in [0.05, 0.1) is 5.41 Å². The van der Waals surface area contributed by atoms with Gasteiger partial charge < -0.3 is 9.80 Å². The first-order chi connectivity index (χ1) is 59.1. The van der Waals surface area contributed by atoms with Crippen molar-refractivity contribution in [2.75, 3.05) is 9.80 Å². The molecule has 0 heterocycles. The van der Waals surface area contributed by atoms with Crippen molar-refractivity contribution < 1.29 is 0 Å². The maximum atomic E-state index is 2.69. The molecule has 0 saturated heterocycles. The molecule has 2 heteroatoms. The van der Waals surface area contributed by atoms with Crippen molar-refractivity contribution in [2.24, 2.45) is 0 Å². The first kappa shape index (κ1) is 83.9. The van der Waals surface area contributed by atoms with Crippen molar-refractivity contribution in [2.45, 2.75) is 294 Å². The van der Waals surface area contributed by atoms with Crippen LogP contribution in [0.4, 0.5) is 34.1 Å². The standard InChI is InChI=1S/C118H136N2/c1-9-17-25-47-83-117(82-46-24-16-8)109-59-39-35-55-101(109)105-75-71-97(87-113(105)117)120(96-70-74-104-100-54-34-38-58-108(100)116(112(104)86-96,80-44-22-14-6)81-45-23-15-7)93-66-62-91(63-67-93)118(88-48-28-26-29-49-88,89-50-30-27-31-51-89)90-60-64-92(65-61-90)119(94-68-72-102-98-52-32-36-56-106(98)114(110(102)84-94,76-40-18-10-2)77-41-19-11-3)95-69-73-103-99-53-33-37-57-107(99)115(111(103)85-95,78-42-20-12-4)79-43-21-13-5/h26-39,48-75,84-87H,9-25,40-47,76-83H2,1-8H3. The lowest BCUT2D eigenvalue weighted by Crippen LogP contribution is -2.31. The summed E-state index contributed by atoms with van der Waals surface area (Å²) >= 11 is 0.